The Kier molecular flexibility index (Phi) is 6.49. The van der Waals surface area contributed by atoms with Gasteiger partial charge in [-0.3, -0.25) is 9.59 Å². The largest absolute Gasteiger partial charge is 0.349 e. The van der Waals surface area contributed by atoms with Gasteiger partial charge in [0.15, 0.2) is 11.6 Å². The number of halogens is 1. The van der Waals surface area contributed by atoms with E-state index in [-0.39, 0.29) is 23.8 Å². The van der Waals surface area contributed by atoms with Crippen LogP contribution in [0.4, 0.5) is 0 Å². The predicted octanol–water partition coefficient (Wildman–Crippen LogP) is 7.10. The summed E-state index contributed by atoms with van der Waals surface area (Å²) in [6.07, 6.45) is 4.40. The van der Waals surface area contributed by atoms with Crippen LogP contribution in [0.25, 0.3) is 21.7 Å². The fourth-order valence-electron chi connectivity index (χ4n) is 4.65. The van der Waals surface area contributed by atoms with Crippen LogP contribution in [0.5, 0.6) is 0 Å². The summed E-state index contributed by atoms with van der Waals surface area (Å²) in [5.41, 5.74) is 2.61. The maximum absolute atomic E-state index is 12.7. The molecule has 1 aliphatic carbocycles. The van der Waals surface area contributed by atoms with Crippen LogP contribution in [-0.2, 0) is 0 Å². The molecule has 8 heteroatoms. The highest BCUT2D eigenvalue weighted by Gasteiger charge is 2.29. The number of Topliss-reactive ketones (excluding diaryl/α,β-unsaturated/α-hetero) is 1. The smallest absolute Gasteiger partial charge is 0.261 e. The first-order valence-electron chi connectivity index (χ1n) is 11.2. The fraction of sp³-hybridized carbons (Fsp3) is 0.320. The molecule has 2 unspecified atom stereocenters. The standard InChI is InChI=1S/C25H24BrN3O2S2/c1-2-20(30)15-8-9-19-18(13-15)28-24(21-7-4-12-32-21)29(19)17-6-3-5-16(14-17)27-25(31)22-10-11-23(26)33-22/h4,7-13,16-17H,2-3,5-6,14H2,1H3,(H,27,31). The molecule has 1 aromatic carbocycles. The third kappa shape index (κ3) is 4.56. The van der Waals surface area contributed by atoms with E-state index in [4.69, 9.17) is 4.98 Å². The number of hydrogen-bond donors (Lipinski definition) is 1. The molecule has 1 N–H and O–H groups in total. The number of aromatic nitrogens is 2. The van der Waals surface area contributed by atoms with Gasteiger partial charge in [-0.2, -0.15) is 0 Å². The molecule has 1 amide bonds. The summed E-state index contributed by atoms with van der Waals surface area (Å²) in [6.45, 7) is 1.88. The Morgan fingerprint density at radius 1 is 1.21 bits per heavy atom. The van der Waals surface area contributed by atoms with Crippen molar-refractivity contribution in [3.8, 4) is 10.7 Å². The lowest BCUT2D eigenvalue weighted by molar-refractivity contribution is 0.0924. The quantitative estimate of drug-likeness (QED) is 0.265. The van der Waals surface area contributed by atoms with Gasteiger partial charge in [-0.1, -0.05) is 13.0 Å². The van der Waals surface area contributed by atoms with Gasteiger partial charge in [-0.25, -0.2) is 4.98 Å². The van der Waals surface area contributed by atoms with Crippen LogP contribution in [0.1, 0.15) is 65.1 Å². The van der Waals surface area contributed by atoms with Crippen molar-refractivity contribution in [2.45, 2.75) is 51.1 Å². The molecule has 33 heavy (non-hydrogen) atoms. The number of benzene rings is 1. The fourth-order valence-corrected chi connectivity index (χ4v) is 6.65. The molecule has 0 spiro atoms. The number of rotatable bonds is 6. The van der Waals surface area contributed by atoms with Gasteiger partial charge in [-0.05, 0) is 83.4 Å². The summed E-state index contributed by atoms with van der Waals surface area (Å²) in [4.78, 5) is 31.8. The van der Waals surface area contributed by atoms with Crippen LogP contribution < -0.4 is 5.32 Å². The molecule has 1 aliphatic rings. The molecule has 0 bridgehead atoms. The summed E-state index contributed by atoms with van der Waals surface area (Å²) >= 11 is 6.56. The zero-order chi connectivity index (χ0) is 22.9. The lowest BCUT2D eigenvalue weighted by Crippen LogP contribution is -2.38. The van der Waals surface area contributed by atoms with Crippen molar-refractivity contribution in [2.75, 3.05) is 0 Å². The normalized spacial score (nSPS) is 18.5. The summed E-state index contributed by atoms with van der Waals surface area (Å²) < 4.78 is 3.29. The Morgan fingerprint density at radius 3 is 2.82 bits per heavy atom. The molecule has 1 saturated carbocycles. The van der Waals surface area contributed by atoms with E-state index in [0.29, 0.717) is 12.0 Å². The van der Waals surface area contributed by atoms with Gasteiger partial charge in [0.1, 0.15) is 0 Å². The van der Waals surface area contributed by atoms with Crippen LogP contribution in [0.2, 0.25) is 0 Å². The molecule has 3 heterocycles. The summed E-state index contributed by atoms with van der Waals surface area (Å²) in [6, 6.07) is 14.1. The van der Waals surface area contributed by atoms with Gasteiger partial charge in [-0.15, -0.1) is 22.7 Å². The minimum absolute atomic E-state index is 0.00645. The number of carbonyl (C=O) groups is 2. The topological polar surface area (TPSA) is 64.0 Å². The lowest BCUT2D eigenvalue weighted by atomic mass is 9.90. The number of thiophene rings is 2. The zero-order valence-corrected chi connectivity index (χ0v) is 21.4. The highest BCUT2D eigenvalue weighted by atomic mass is 79.9. The molecule has 0 radical (unpaired) electrons. The first kappa shape index (κ1) is 22.5. The predicted molar refractivity (Wildman–Crippen MR) is 138 cm³/mol. The van der Waals surface area contributed by atoms with Crippen LogP contribution in [0, 0.1) is 0 Å². The van der Waals surface area contributed by atoms with Gasteiger partial charge >= 0.3 is 0 Å². The van der Waals surface area contributed by atoms with Crippen molar-refractivity contribution in [2.24, 2.45) is 0 Å². The van der Waals surface area contributed by atoms with Gasteiger partial charge in [0.2, 0.25) is 0 Å². The molecule has 3 aromatic heterocycles. The van der Waals surface area contributed by atoms with Crippen molar-refractivity contribution in [1.29, 1.82) is 0 Å². The number of imidazole rings is 1. The average molecular weight is 543 g/mol. The summed E-state index contributed by atoms with van der Waals surface area (Å²) in [5.74, 6) is 1.07. The Morgan fingerprint density at radius 2 is 2.09 bits per heavy atom. The van der Waals surface area contributed by atoms with Crippen LogP contribution >= 0.6 is 38.6 Å². The first-order valence-corrected chi connectivity index (χ1v) is 13.7. The second-order valence-corrected chi connectivity index (χ2v) is 11.8. The van der Waals surface area contributed by atoms with Crippen LogP contribution in [0.15, 0.2) is 51.6 Å². The van der Waals surface area contributed by atoms with Crippen molar-refractivity contribution >= 4 is 61.3 Å². The van der Waals surface area contributed by atoms with Crippen molar-refractivity contribution in [1.82, 2.24) is 14.9 Å². The monoisotopic (exact) mass is 541 g/mol. The van der Waals surface area contributed by atoms with E-state index in [9.17, 15) is 9.59 Å². The van der Waals surface area contributed by atoms with Gasteiger partial charge in [0.25, 0.3) is 5.91 Å². The molecular weight excluding hydrogens is 518 g/mol. The average Bonchev–Trinajstić information content (AvgIpc) is 3.57. The highest BCUT2D eigenvalue weighted by molar-refractivity contribution is 9.11. The molecule has 0 aliphatic heterocycles. The molecule has 1 fully saturated rings. The summed E-state index contributed by atoms with van der Waals surface area (Å²) in [5, 5.41) is 5.31. The molecule has 170 valence electrons. The maximum atomic E-state index is 12.7. The molecular formula is C25H24BrN3O2S2. The lowest BCUT2D eigenvalue weighted by Gasteiger charge is -2.31. The van der Waals surface area contributed by atoms with Crippen LogP contribution in [0.3, 0.4) is 0 Å². The van der Waals surface area contributed by atoms with Crippen molar-refractivity contribution in [3.05, 3.63) is 62.1 Å². The minimum Gasteiger partial charge on any atom is -0.349 e. The second kappa shape index (κ2) is 9.52. The SMILES string of the molecule is CCC(=O)c1ccc2c(c1)nc(-c1cccs1)n2C1CCCC(NC(=O)c2ccc(Br)s2)C1. The van der Waals surface area contributed by atoms with Gasteiger partial charge in [0, 0.05) is 24.1 Å². The first-order chi connectivity index (χ1) is 16.0. The third-order valence-electron chi connectivity index (χ3n) is 6.22. The van der Waals surface area contributed by atoms with E-state index < -0.39 is 0 Å². The zero-order valence-electron chi connectivity index (χ0n) is 18.2. The Hall–Kier alpha value is -2.29. The second-order valence-electron chi connectivity index (χ2n) is 8.36. The molecule has 0 saturated heterocycles. The van der Waals surface area contributed by atoms with E-state index in [1.54, 1.807) is 11.3 Å². The van der Waals surface area contributed by atoms with E-state index in [0.717, 1.165) is 56.1 Å². The van der Waals surface area contributed by atoms with Crippen molar-refractivity contribution in [3.63, 3.8) is 0 Å². The molecule has 2 atom stereocenters. The van der Waals surface area contributed by atoms with Gasteiger partial charge < -0.3 is 9.88 Å². The van der Waals surface area contributed by atoms with Crippen LogP contribution in [-0.4, -0.2) is 27.3 Å². The number of ketones is 1. The number of nitrogens with zero attached hydrogens (tertiary/aromatic N) is 2. The summed E-state index contributed by atoms with van der Waals surface area (Å²) in [7, 11) is 0. The van der Waals surface area contributed by atoms with Gasteiger partial charge in [0.05, 0.1) is 24.6 Å². The number of nitrogens with one attached hydrogen (secondary N) is 1. The number of carbonyl (C=O) groups excluding carboxylic acids is 2. The third-order valence-corrected chi connectivity index (χ3v) is 8.71. The Labute approximate surface area is 209 Å². The molecule has 5 nitrogen and oxygen atoms in total. The maximum Gasteiger partial charge on any atom is 0.261 e. The minimum atomic E-state index is -0.00645. The molecule has 5 rings (SSSR count). The van der Waals surface area contributed by atoms with Crippen molar-refractivity contribution < 1.29 is 9.59 Å². The highest BCUT2D eigenvalue weighted by Crippen LogP contribution is 2.38. The number of hydrogen-bond acceptors (Lipinski definition) is 5. The number of amides is 1. The van der Waals surface area contributed by atoms with E-state index in [1.807, 2.05) is 43.3 Å². The Bertz CT molecular complexity index is 1310. The van der Waals surface area contributed by atoms with E-state index >= 15 is 0 Å². The number of fused-ring (bicyclic) bond motifs is 1. The van der Waals surface area contributed by atoms with E-state index in [1.165, 1.54) is 11.3 Å². The Balaban J connectivity index is 1.47. The molecule has 4 aromatic rings. The van der Waals surface area contributed by atoms with E-state index in [2.05, 4.69) is 37.3 Å².